The van der Waals surface area contributed by atoms with Gasteiger partial charge in [-0.3, -0.25) is 0 Å². The lowest BCUT2D eigenvalue weighted by molar-refractivity contribution is 0.218. The zero-order valence-electron chi connectivity index (χ0n) is 14.7. The van der Waals surface area contributed by atoms with E-state index in [9.17, 15) is 5.11 Å². The molecule has 0 spiro atoms. The molecule has 1 atom stereocenters. The number of phenolic OH excluding ortho intramolecular Hbond substituents is 1. The van der Waals surface area contributed by atoms with E-state index in [1.807, 2.05) is 18.2 Å². The number of hydrogen-bond acceptors (Lipinski definition) is 2. The van der Waals surface area contributed by atoms with E-state index in [1.54, 1.807) is 6.07 Å². The highest BCUT2D eigenvalue weighted by atomic mass is 16.5. The van der Waals surface area contributed by atoms with Crippen molar-refractivity contribution in [1.29, 1.82) is 0 Å². The lowest BCUT2D eigenvalue weighted by atomic mass is 9.94. The van der Waals surface area contributed by atoms with Crippen LogP contribution in [0.5, 0.6) is 11.5 Å². The molecule has 124 valence electrons. The summed E-state index contributed by atoms with van der Waals surface area (Å²) in [4.78, 5) is 0. The van der Waals surface area contributed by atoms with Crippen LogP contribution in [0.15, 0.2) is 36.4 Å². The van der Waals surface area contributed by atoms with E-state index < -0.39 is 0 Å². The monoisotopic (exact) mass is 312 g/mol. The first-order valence-electron chi connectivity index (χ1n) is 8.67. The number of para-hydroxylation sites is 1. The molecule has 0 aliphatic carbocycles. The van der Waals surface area contributed by atoms with Crippen molar-refractivity contribution in [1.82, 2.24) is 0 Å². The van der Waals surface area contributed by atoms with Gasteiger partial charge in [-0.15, -0.1) is 0 Å². The molecule has 2 heteroatoms. The average Bonchev–Trinajstić information content (AvgIpc) is 2.56. The van der Waals surface area contributed by atoms with Gasteiger partial charge in [0.05, 0.1) is 0 Å². The van der Waals surface area contributed by atoms with Gasteiger partial charge < -0.3 is 9.84 Å². The summed E-state index contributed by atoms with van der Waals surface area (Å²) in [5.41, 5.74) is 5.11. The SMILES string of the molecule is CCc1ccc(OC(C)Cc2ccccc2O)c(CC)c1CC. The van der Waals surface area contributed by atoms with Crippen molar-refractivity contribution < 1.29 is 9.84 Å². The topological polar surface area (TPSA) is 29.5 Å². The second kappa shape index (κ2) is 8.05. The molecule has 0 aromatic heterocycles. The summed E-state index contributed by atoms with van der Waals surface area (Å²) >= 11 is 0. The minimum Gasteiger partial charge on any atom is -0.508 e. The molecule has 0 saturated heterocycles. The van der Waals surface area contributed by atoms with Crippen molar-refractivity contribution in [3.8, 4) is 11.5 Å². The Labute approximate surface area is 140 Å². The summed E-state index contributed by atoms with van der Waals surface area (Å²) in [6.07, 6.45) is 3.80. The molecular weight excluding hydrogens is 284 g/mol. The minimum absolute atomic E-state index is 0.0192. The van der Waals surface area contributed by atoms with Gasteiger partial charge in [0.1, 0.15) is 17.6 Å². The first-order valence-corrected chi connectivity index (χ1v) is 8.67. The molecular formula is C21H28O2. The number of aryl methyl sites for hydroxylation is 1. The summed E-state index contributed by atoms with van der Waals surface area (Å²) in [5, 5.41) is 9.92. The smallest absolute Gasteiger partial charge is 0.123 e. The van der Waals surface area contributed by atoms with Gasteiger partial charge >= 0.3 is 0 Å². The van der Waals surface area contributed by atoms with Crippen LogP contribution in [0, 0.1) is 0 Å². The standard InChI is InChI=1S/C21H28O2/c1-5-16-12-13-21(19(7-3)18(16)6-2)23-15(4)14-17-10-8-9-11-20(17)22/h8-13,15,22H,5-7,14H2,1-4H3. The van der Waals surface area contributed by atoms with Crippen LogP contribution >= 0.6 is 0 Å². The average molecular weight is 312 g/mol. The molecule has 1 unspecified atom stereocenters. The molecule has 0 heterocycles. The molecule has 2 aromatic carbocycles. The molecule has 0 aliphatic rings. The summed E-state index contributed by atoms with van der Waals surface area (Å²) in [6.45, 7) is 8.66. The fourth-order valence-electron chi connectivity index (χ4n) is 3.24. The molecule has 0 radical (unpaired) electrons. The maximum Gasteiger partial charge on any atom is 0.123 e. The highest BCUT2D eigenvalue weighted by Gasteiger charge is 2.14. The molecule has 0 bridgehead atoms. The van der Waals surface area contributed by atoms with Crippen LogP contribution < -0.4 is 4.74 Å². The molecule has 2 aromatic rings. The maximum atomic E-state index is 9.92. The molecule has 0 saturated carbocycles. The number of phenols is 1. The highest BCUT2D eigenvalue weighted by molar-refractivity contribution is 5.45. The summed E-state index contributed by atoms with van der Waals surface area (Å²) in [6, 6.07) is 11.8. The van der Waals surface area contributed by atoms with E-state index in [-0.39, 0.29) is 6.10 Å². The number of rotatable bonds is 7. The lowest BCUT2D eigenvalue weighted by Crippen LogP contribution is -2.17. The quantitative estimate of drug-likeness (QED) is 0.771. The van der Waals surface area contributed by atoms with Gasteiger partial charge in [0.2, 0.25) is 0 Å². The van der Waals surface area contributed by atoms with Crippen molar-refractivity contribution in [2.24, 2.45) is 0 Å². The second-order valence-electron chi connectivity index (χ2n) is 6.00. The number of hydrogen-bond donors (Lipinski definition) is 1. The van der Waals surface area contributed by atoms with Crippen LogP contribution in [0.2, 0.25) is 0 Å². The summed E-state index contributed by atoms with van der Waals surface area (Å²) in [7, 11) is 0. The summed E-state index contributed by atoms with van der Waals surface area (Å²) < 4.78 is 6.23. The zero-order chi connectivity index (χ0) is 16.8. The van der Waals surface area contributed by atoms with Gasteiger partial charge in [-0.25, -0.2) is 0 Å². The first-order chi connectivity index (χ1) is 11.1. The third kappa shape index (κ3) is 4.07. The van der Waals surface area contributed by atoms with Gasteiger partial charge in [0.25, 0.3) is 0 Å². The highest BCUT2D eigenvalue weighted by Crippen LogP contribution is 2.29. The van der Waals surface area contributed by atoms with Gasteiger partial charge in [-0.1, -0.05) is 45.0 Å². The third-order valence-corrected chi connectivity index (χ3v) is 4.40. The Morgan fingerprint density at radius 3 is 2.17 bits per heavy atom. The Balaban J connectivity index is 2.20. The maximum absolute atomic E-state index is 9.92. The van der Waals surface area contributed by atoms with E-state index in [1.165, 1.54) is 16.7 Å². The van der Waals surface area contributed by atoms with Crippen molar-refractivity contribution in [3.05, 3.63) is 58.7 Å². The molecule has 0 amide bonds. The minimum atomic E-state index is 0.0192. The largest absolute Gasteiger partial charge is 0.508 e. The second-order valence-corrected chi connectivity index (χ2v) is 6.00. The van der Waals surface area contributed by atoms with Crippen molar-refractivity contribution >= 4 is 0 Å². The van der Waals surface area contributed by atoms with Gasteiger partial charge in [-0.05, 0) is 60.6 Å². The predicted molar refractivity (Wildman–Crippen MR) is 96.5 cm³/mol. The summed E-state index contributed by atoms with van der Waals surface area (Å²) in [5.74, 6) is 1.33. The van der Waals surface area contributed by atoms with Crippen molar-refractivity contribution in [2.75, 3.05) is 0 Å². The van der Waals surface area contributed by atoms with E-state index >= 15 is 0 Å². The zero-order valence-corrected chi connectivity index (χ0v) is 14.7. The van der Waals surface area contributed by atoms with E-state index in [2.05, 4.69) is 39.8 Å². The molecule has 0 aliphatic heterocycles. The van der Waals surface area contributed by atoms with Crippen LogP contribution in [-0.2, 0) is 25.7 Å². The Hall–Kier alpha value is -1.96. The van der Waals surface area contributed by atoms with Crippen LogP contribution in [0.4, 0.5) is 0 Å². The number of ether oxygens (including phenoxy) is 1. The van der Waals surface area contributed by atoms with E-state index in [0.717, 1.165) is 30.6 Å². The normalized spacial score (nSPS) is 12.2. The fourth-order valence-corrected chi connectivity index (χ4v) is 3.24. The van der Waals surface area contributed by atoms with E-state index in [4.69, 9.17) is 4.74 Å². The Bertz CT molecular complexity index is 646. The van der Waals surface area contributed by atoms with Gasteiger partial charge in [-0.2, -0.15) is 0 Å². The van der Waals surface area contributed by atoms with Crippen molar-refractivity contribution in [3.63, 3.8) is 0 Å². The molecule has 0 fully saturated rings. The first kappa shape index (κ1) is 17.4. The Kier molecular flexibility index (Phi) is 6.09. The van der Waals surface area contributed by atoms with E-state index in [0.29, 0.717) is 12.2 Å². The van der Waals surface area contributed by atoms with Gasteiger partial charge in [0, 0.05) is 6.42 Å². The van der Waals surface area contributed by atoms with Gasteiger partial charge in [0.15, 0.2) is 0 Å². The molecule has 2 rings (SSSR count). The molecule has 2 nitrogen and oxygen atoms in total. The predicted octanol–water partition coefficient (Wildman–Crippen LogP) is 5.09. The third-order valence-electron chi connectivity index (χ3n) is 4.40. The van der Waals surface area contributed by atoms with Crippen molar-refractivity contribution in [2.45, 2.75) is 59.5 Å². The Morgan fingerprint density at radius 1 is 0.870 bits per heavy atom. The number of aromatic hydroxyl groups is 1. The van der Waals surface area contributed by atoms with Crippen LogP contribution in [0.1, 0.15) is 49.9 Å². The molecule has 23 heavy (non-hydrogen) atoms. The van der Waals surface area contributed by atoms with Crippen LogP contribution in [0.25, 0.3) is 0 Å². The van der Waals surface area contributed by atoms with Crippen LogP contribution in [0.3, 0.4) is 0 Å². The fraction of sp³-hybridized carbons (Fsp3) is 0.429. The molecule has 1 N–H and O–H groups in total. The number of benzene rings is 2. The Morgan fingerprint density at radius 2 is 1.57 bits per heavy atom. The van der Waals surface area contributed by atoms with Crippen LogP contribution in [-0.4, -0.2) is 11.2 Å². The lowest BCUT2D eigenvalue weighted by Gasteiger charge is -2.21.